The topological polar surface area (TPSA) is 389 Å². The Hall–Kier alpha value is -14.1. The minimum absolute atomic E-state index is 0.00411. The number of hydrogen-bond donors (Lipinski definition) is 5. The Bertz CT molecular complexity index is 6950. The Labute approximate surface area is 774 Å². The van der Waals surface area contributed by atoms with Crippen molar-refractivity contribution in [2.24, 2.45) is 62.3 Å². The number of rotatable bonds is 26. The first-order valence-corrected chi connectivity index (χ1v) is 48.2. The van der Waals surface area contributed by atoms with Crippen LogP contribution in [0.15, 0.2) is 221 Å². The van der Waals surface area contributed by atoms with Crippen LogP contribution in [0.1, 0.15) is 78.1 Å². The van der Waals surface area contributed by atoms with Gasteiger partial charge < -0.3 is 26.0 Å². The summed E-state index contributed by atoms with van der Waals surface area (Å²) >= 11 is 0. The van der Waals surface area contributed by atoms with Crippen molar-refractivity contribution in [2.75, 3.05) is 72.7 Å². The number of aryl methyl sites for hydroxylation is 8. The molecule has 2 aliphatic heterocycles. The van der Waals surface area contributed by atoms with Crippen molar-refractivity contribution in [3.63, 3.8) is 0 Å². The van der Waals surface area contributed by atoms with Gasteiger partial charge in [0.05, 0.1) is 67.6 Å². The number of nitrogens with one attached hydrogen (secondary N) is 4. The molecule has 0 amide bonds. The van der Waals surface area contributed by atoms with Crippen molar-refractivity contribution in [2.45, 2.75) is 95.7 Å². The molecule has 0 bridgehead atoms. The summed E-state index contributed by atoms with van der Waals surface area (Å²) in [6, 6.07) is 32.8. The van der Waals surface area contributed by atoms with Crippen molar-refractivity contribution in [3.05, 3.63) is 221 Å². The highest BCUT2D eigenvalue weighted by atomic mass is 32.2. The van der Waals surface area contributed by atoms with Crippen LogP contribution in [0.2, 0.25) is 0 Å². The molecule has 14 heterocycles. The van der Waals surface area contributed by atoms with Crippen LogP contribution in [0.4, 0.5) is 23.3 Å². The van der Waals surface area contributed by atoms with Crippen LogP contribution in [0.3, 0.4) is 0 Å². The van der Waals surface area contributed by atoms with Crippen molar-refractivity contribution < 1.29 is 21.9 Å². The molecule has 2 atom stereocenters. The van der Waals surface area contributed by atoms with Crippen LogP contribution < -0.4 is 25.6 Å². The average Bonchev–Trinajstić information content (AvgIpc) is 1.69. The molecule has 37 heteroatoms. The second kappa shape index (κ2) is 40.7. The third-order valence-corrected chi connectivity index (χ3v) is 25.8. The number of benzene rings is 4. The largest absolute Gasteiger partial charge is 0.396 e. The molecule has 35 nitrogen and oxygen atoms in total. The molecule has 3 fully saturated rings. The normalized spacial score (nSPS) is 15.1. The zero-order chi connectivity index (χ0) is 93.1. The van der Waals surface area contributed by atoms with E-state index >= 15 is 0 Å². The van der Waals surface area contributed by atoms with Crippen molar-refractivity contribution in [3.8, 4) is 135 Å². The Morgan fingerprint density at radius 3 is 1.11 bits per heavy atom. The molecule has 1 aliphatic carbocycles. The number of sulfonamides is 2. The van der Waals surface area contributed by atoms with Gasteiger partial charge in [0, 0.05) is 277 Å². The highest BCUT2D eigenvalue weighted by Gasteiger charge is 2.36. The van der Waals surface area contributed by atoms with E-state index in [4.69, 9.17) is 24.9 Å². The van der Waals surface area contributed by atoms with Crippen LogP contribution in [-0.4, -0.2) is 214 Å². The van der Waals surface area contributed by atoms with E-state index in [9.17, 15) is 21.9 Å². The lowest BCUT2D eigenvalue weighted by molar-refractivity contribution is 0.238. The first-order valence-electron chi connectivity index (χ1n) is 44.5. The Morgan fingerprint density at radius 2 is 0.752 bits per heavy atom. The molecule has 133 heavy (non-hydrogen) atoms. The predicted octanol–water partition coefficient (Wildman–Crippen LogP) is 13.7. The zero-order valence-electron chi connectivity index (χ0n) is 76.9. The summed E-state index contributed by atoms with van der Waals surface area (Å²) in [5.41, 5.74) is 18.9. The molecule has 5 N–H and O–H groups in total. The molecule has 3 aliphatic rings. The fourth-order valence-corrected chi connectivity index (χ4v) is 19.4. The van der Waals surface area contributed by atoms with E-state index in [2.05, 4.69) is 125 Å². The van der Waals surface area contributed by atoms with E-state index in [-0.39, 0.29) is 24.6 Å². The van der Waals surface area contributed by atoms with Gasteiger partial charge in [0.1, 0.15) is 23.3 Å². The van der Waals surface area contributed by atoms with Crippen molar-refractivity contribution in [1.82, 2.24) is 127 Å². The van der Waals surface area contributed by atoms with Gasteiger partial charge in [-0.05, 0) is 98.9 Å². The second-order valence-electron chi connectivity index (χ2n) is 34.7. The highest BCUT2D eigenvalue weighted by molar-refractivity contribution is 7.88. The summed E-state index contributed by atoms with van der Waals surface area (Å²) in [7, 11) is 8.56. The van der Waals surface area contributed by atoms with Crippen LogP contribution in [0, 0.1) is 5.92 Å². The van der Waals surface area contributed by atoms with Gasteiger partial charge in [-0.1, -0.05) is 98.5 Å². The van der Waals surface area contributed by atoms with Crippen LogP contribution in [0.5, 0.6) is 0 Å². The number of hydrogen-bond acceptors (Lipinski definition) is 25. The van der Waals surface area contributed by atoms with Gasteiger partial charge in [-0.3, -0.25) is 37.5 Å². The third-order valence-electron chi connectivity index (χ3n) is 23.7. The van der Waals surface area contributed by atoms with Gasteiger partial charge in [-0.2, -0.15) is 45.1 Å². The minimum atomic E-state index is -3.37. The molecule has 2 saturated heterocycles. The van der Waals surface area contributed by atoms with E-state index in [1.165, 1.54) is 12.5 Å². The van der Waals surface area contributed by atoms with Gasteiger partial charge in [-0.15, -0.1) is 0 Å². The first kappa shape index (κ1) is 92.1. The van der Waals surface area contributed by atoms with Crippen LogP contribution >= 0.6 is 0 Å². The Kier molecular flexibility index (Phi) is 28.2. The minimum Gasteiger partial charge on any atom is -0.396 e. The summed E-state index contributed by atoms with van der Waals surface area (Å²) in [5, 5.41) is 54.3. The van der Waals surface area contributed by atoms with E-state index < -0.39 is 25.6 Å². The van der Waals surface area contributed by atoms with Gasteiger partial charge in [0.2, 0.25) is 20.0 Å². The van der Waals surface area contributed by atoms with Gasteiger partial charge in [-0.25, -0.2) is 61.4 Å². The number of piperidine rings is 1. The second-order valence-corrected chi connectivity index (χ2v) is 38.4. The lowest BCUT2D eigenvalue weighted by atomic mass is 9.82. The fourth-order valence-electron chi connectivity index (χ4n) is 17.1. The Morgan fingerprint density at radius 1 is 0.398 bits per heavy atom. The summed E-state index contributed by atoms with van der Waals surface area (Å²) < 4.78 is 67.7. The molecule has 688 valence electrons. The molecule has 0 radical (unpaired) electrons. The number of anilines is 4. The van der Waals surface area contributed by atoms with E-state index in [1.807, 2.05) is 228 Å². The molecule has 2 unspecified atom stereocenters. The highest BCUT2D eigenvalue weighted by Crippen LogP contribution is 2.39. The average molecular weight is 1830 g/mol. The monoisotopic (exact) mass is 1830 g/mol. The number of aliphatic hydroxyl groups excluding tert-OH is 1. The van der Waals surface area contributed by atoms with Crippen LogP contribution in [-0.2, 0) is 76.4 Å². The standard InChI is InChI=1S/2C26H32N8O2S.C23H25N7O.C21H23N7/c1-32-17-21(14-29-32)19-7-6-8-20(13-19)25-28-16-24(22-15-30-33(2)18-22)26(31-25)27-11-10-23-9-4-5-12-34(23)37(3,35)36;1-33-16-21(13-29-33)19-8-7-9-20(12-19)24-27-15-23(22-14-30-34(2)17-22)25(31-24)28-18-26(32-37(3,35)36)10-5-4-6-11-26;1-28-13-19(9-25-28)17-4-3-5-18(8-17)22-24-11-21(20-10-26-29(2)14-20)23(27-22)30-7-6-16(12-30)15-31;1-14(2)25-21-19(18-10-24-28(4)13-18)11-22-20(26-21)16-7-5-6-15(8-16)17-9-23-27(3)12-17/h6-8,13-18,23H,4-5,9-12H2,1-3H3,(H,27,28,31);7-9,12-17,32H,4-6,10-11,18H2,1-3H3,(H,27,28,31);3-5,8-11,13-14,16,31H,6-7,12,15H2,1-2H3;5-14H,1-4H3,(H,22,25,26). The number of aromatic nitrogens is 24. The van der Waals surface area contributed by atoms with E-state index in [0.717, 1.165) is 194 Å². The Balaban J connectivity index is 0.000000130. The van der Waals surface area contributed by atoms with Crippen LogP contribution in [0.25, 0.3) is 135 Å². The van der Waals surface area contributed by atoms with Gasteiger partial charge >= 0.3 is 0 Å². The van der Waals surface area contributed by atoms with E-state index in [0.29, 0.717) is 61.0 Å². The summed E-state index contributed by atoms with van der Waals surface area (Å²) in [6.45, 7) is 7.66. The number of nitrogens with zero attached hydrogens (tertiary/aromatic N) is 26. The maximum absolute atomic E-state index is 12.3. The van der Waals surface area contributed by atoms with Crippen molar-refractivity contribution in [1.29, 1.82) is 0 Å². The molecule has 1 saturated carbocycles. The smallest absolute Gasteiger partial charge is 0.211 e. The maximum Gasteiger partial charge on any atom is 0.211 e. The van der Waals surface area contributed by atoms with Gasteiger partial charge in [0.25, 0.3) is 0 Å². The number of aliphatic hydroxyl groups is 1. The third kappa shape index (κ3) is 23.1. The lowest BCUT2D eigenvalue weighted by Gasteiger charge is -2.37. The maximum atomic E-state index is 12.3. The fraction of sp³-hybridized carbons (Fsp3) is 0.333. The summed E-state index contributed by atoms with van der Waals surface area (Å²) in [4.78, 5) is 40.6. The lowest BCUT2D eigenvalue weighted by Crippen LogP contribution is -2.53. The summed E-state index contributed by atoms with van der Waals surface area (Å²) in [6.07, 6.45) is 49.4. The van der Waals surface area contributed by atoms with Crippen molar-refractivity contribution >= 4 is 43.3 Å². The molecule has 0 spiro atoms. The zero-order valence-corrected chi connectivity index (χ0v) is 78.5. The van der Waals surface area contributed by atoms with Gasteiger partial charge in [0.15, 0.2) is 23.3 Å². The first-order chi connectivity index (χ1) is 64.1. The predicted molar refractivity (Wildman–Crippen MR) is 518 cm³/mol. The molecule has 12 aromatic heterocycles. The molecule has 4 aromatic carbocycles. The summed E-state index contributed by atoms with van der Waals surface area (Å²) in [5.74, 6) is 5.86. The van der Waals surface area contributed by atoms with E-state index in [1.54, 1.807) is 60.4 Å². The molecule has 19 rings (SSSR count). The quantitative estimate of drug-likeness (QED) is 0.0336. The SMILES string of the molecule is CC(C)Nc1nc(-c2cccc(-c3cnn(C)c3)c2)ncc1-c1cnn(C)c1.Cn1cc(-c2cccc(-c3ncc(-c4cnn(C)c4)c(N4CCC(CO)C4)n3)c2)cn1.Cn1cc(-c2cccc(-c3ncc(-c4cnn(C)c4)c(NCC4(NS(C)(=O)=O)CCCCC4)n3)c2)cn1.Cn1cc(-c2cccc(-c3ncc(-c4cnn(C)c4)c(NCCC4CCCCN4S(C)(=O)=O)n3)c2)cn1. The molecular weight excluding hydrogens is 1720 g/mol. The molecular formula is C96H112N30O5S2. The molecule has 16 aromatic rings.